The number of aliphatic hydroxyl groups is 1. The van der Waals surface area contributed by atoms with Crippen molar-refractivity contribution in [2.75, 3.05) is 11.9 Å². The number of amides is 2. The molecule has 0 bridgehead atoms. The van der Waals surface area contributed by atoms with Crippen LogP contribution >= 0.6 is 0 Å². The Labute approximate surface area is 132 Å². The predicted octanol–water partition coefficient (Wildman–Crippen LogP) is 2.20. The number of rotatable bonds is 5. The first-order chi connectivity index (χ1) is 10.3. The highest BCUT2D eigenvalue weighted by Gasteiger charge is 2.22. The van der Waals surface area contributed by atoms with Gasteiger partial charge in [0.25, 0.3) is 0 Å². The fourth-order valence-corrected chi connectivity index (χ4v) is 2.21. The van der Waals surface area contributed by atoms with Gasteiger partial charge < -0.3 is 15.7 Å². The largest absolute Gasteiger partial charge is 0.396 e. The van der Waals surface area contributed by atoms with E-state index in [1.807, 2.05) is 45.9 Å². The molecule has 1 atom stereocenters. The average Bonchev–Trinajstić information content (AvgIpc) is 2.46. The van der Waals surface area contributed by atoms with Gasteiger partial charge in [0.05, 0.1) is 0 Å². The highest BCUT2D eigenvalue weighted by atomic mass is 16.3. The zero-order chi connectivity index (χ0) is 16.8. The van der Waals surface area contributed by atoms with Crippen LogP contribution in [-0.4, -0.2) is 29.6 Å². The Balaban J connectivity index is 2.79. The van der Waals surface area contributed by atoms with Crippen molar-refractivity contribution in [2.24, 2.45) is 0 Å². The summed E-state index contributed by atoms with van der Waals surface area (Å²) >= 11 is 0. The summed E-state index contributed by atoms with van der Waals surface area (Å²) in [6.45, 7) is 8.02. The Morgan fingerprint density at radius 3 is 2.36 bits per heavy atom. The van der Waals surface area contributed by atoms with Crippen molar-refractivity contribution in [3.8, 4) is 0 Å². The molecule has 5 nitrogen and oxygen atoms in total. The molecular weight excluding hydrogens is 280 g/mol. The van der Waals surface area contributed by atoms with Crippen LogP contribution in [0.25, 0.3) is 0 Å². The zero-order valence-corrected chi connectivity index (χ0v) is 13.8. The number of aliphatic hydroxyl groups excluding tert-OH is 1. The number of anilines is 1. The van der Waals surface area contributed by atoms with Crippen LogP contribution in [0.3, 0.4) is 0 Å². The summed E-state index contributed by atoms with van der Waals surface area (Å²) in [6, 6.07) is 7.26. The van der Waals surface area contributed by atoms with Crippen molar-refractivity contribution in [3.63, 3.8) is 0 Å². The van der Waals surface area contributed by atoms with Gasteiger partial charge in [0.2, 0.25) is 0 Å². The summed E-state index contributed by atoms with van der Waals surface area (Å²) in [7, 11) is 0. The highest BCUT2D eigenvalue weighted by Crippen LogP contribution is 2.29. The molecule has 2 amide bonds. The number of hydrogen-bond donors (Lipinski definition) is 3. The van der Waals surface area contributed by atoms with Crippen molar-refractivity contribution in [1.29, 1.82) is 0 Å². The summed E-state index contributed by atoms with van der Waals surface area (Å²) in [6.07, 6.45) is 1.10. The summed E-state index contributed by atoms with van der Waals surface area (Å²) in [5.74, 6) is -1.36. The minimum Gasteiger partial charge on any atom is -0.396 e. The molecule has 0 aromatic heterocycles. The van der Waals surface area contributed by atoms with Gasteiger partial charge in [-0.15, -0.1) is 0 Å². The molecule has 3 N–H and O–H groups in total. The van der Waals surface area contributed by atoms with Gasteiger partial charge in [-0.25, -0.2) is 0 Å². The SMILES string of the molecule is CCC(CCO)NC(=O)C(=O)Nc1ccccc1C(C)(C)C. The number of carbonyl (C=O) groups is 2. The van der Waals surface area contributed by atoms with E-state index in [-0.39, 0.29) is 18.1 Å². The Bertz CT molecular complexity index is 521. The van der Waals surface area contributed by atoms with Crippen molar-refractivity contribution in [2.45, 2.75) is 52.0 Å². The maximum Gasteiger partial charge on any atom is 0.313 e. The quantitative estimate of drug-likeness (QED) is 0.730. The number of para-hydroxylation sites is 1. The predicted molar refractivity (Wildman–Crippen MR) is 87.7 cm³/mol. The molecule has 1 aromatic rings. The van der Waals surface area contributed by atoms with E-state index >= 15 is 0 Å². The lowest BCUT2D eigenvalue weighted by molar-refractivity contribution is -0.136. The third-order valence-electron chi connectivity index (χ3n) is 3.50. The first-order valence-electron chi connectivity index (χ1n) is 7.61. The number of carbonyl (C=O) groups excluding carboxylic acids is 2. The zero-order valence-electron chi connectivity index (χ0n) is 13.8. The molecule has 0 aliphatic rings. The van der Waals surface area contributed by atoms with Gasteiger partial charge in [0.15, 0.2) is 0 Å². The van der Waals surface area contributed by atoms with E-state index in [4.69, 9.17) is 5.11 Å². The van der Waals surface area contributed by atoms with Gasteiger partial charge in [-0.2, -0.15) is 0 Å². The third kappa shape index (κ3) is 5.15. The summed E-state index contributed by atoms with van der Waals surface area (Å²) in [5.41, 5.74) is 1.48. The van der Waals surface area contributed by atoms with Crippen molar-refractivity contribution < 1.29 is 14.7 Å². The van der Waals surface area contributed by atoms with E-state index in [2.05, 4.69) is 10.6 Å². The third-order valence-corrected chi connectivity index (χ3v) is 3.50. The lowest BCUT2D eigenvalue weighted by Gasteiger charge is -2.23. The molecule has 0 fully saturated rings. The second kappa shape index (κ2) is 7.94. The molecule has 0 heterocycles. The van der Waals surface area contributed by atoms with E-state index in [0.29, 0.717) is 18.5 Å². The standard InChI is InChI=1S/C17H26N2O3/c1-5-12(10-11-20)18-15(21)16(22)19-14-9-7-6-8-13(14)17(2,3)4/h6-9,12,20H,5,10-11H2,1-4H3,(H,18,21)(H,19,22). The first kappa shape index (κ1) is 18.2. The smallest absolute Gasteiger partial charge is 0.313 e. The Morgan fingerprint density at radius 1 is 1.18 bits per heavy atom. The normalized spacial score (nSPS) is 12.6. The van der Waals surface area contributed by atoms with Crippen LogP contribution < -0.4 is 10.6 Å². The van der Waals surface area contributed by atoms with Gasteiger partial charge in [-0.1, -0.05) is 45.9 Å². The van der Waals surface area contributed by atoms with Gasteiger partial charge >= 0.3 is 11.8 Å². The second-order valence-corrected chi connectivity index (χ2v) is 6.34. The molecule has 0 saturated heterocycles. The molecule has 1 rings (SSSR count). The Kier molecular flexibility index (Phi) is 6.56. The van der Waals surface area contributed by atoms with Crippen LogP contribution in [0.5, 0.6) is 0 Å². The summed E-state index contributed by atoms with van der Waals surface area (Å²) < 4.78 is 0. The molecule has 22 heavy (non-hydrogen) atoms. The molecule has 0 saturated carbocycles. The monoisotopic (exact) mass is 306 g/mol. The first-order valence-corrected chi connectivity index (χ1v) is 7.61. The fourth-order valence-electron chi connectivity index (χ4n) is 2.21. The van der Waals surface area contributed by atoms with Gasteiger partial charge in [0, 0.05) is 18.3 Å². The Hall–Kier alpha value is -1.88. The minimum absolute atomic E-state index is 0.0206. The van der Waals surface area contributed by atoms with Crippen LogP contribution in [-0.2, 0) is 15.0 Å². The van der Waals surface area contributed by atoms with Crippen molar-refractivity contribution >= 4 is 17.5 Å². The molecule has 0 radical (unpaired) electrons. The van der Waals surface area contributed by atoms with Gasteiger partial charge in [-0.05, 0) is 29.9 Å². The van der Waals surface area contributed by atoms with Crippen LogP contribution in [0, 0.1) is 0 Å². The van der Waals surface area contributed by atoms with Gasteiger partial charge in [-0.3, -0.25) is 9.59 Å². The van der Waals surface area contributed by atoms with E-state index < -0.39 is 11.8 Å². The van der Waals surface area contributed by atoms with Crippen LogP contribution in [0.4, 0.5) is 5.69 Å². The maximum absolute atomic E-state index is 12.1. The van der Waals surface area contributed by atoms with Crippen LogP contribution in [0.2, 0.25) is 0 Å². The minimum atomic E-state index is -0.687. The second-order valence-electron chi connectivity index (χ2n) is 6.34. The lowest BCUT2D eigenvalue weighted by atomic mass is 9.86. The molecule has 1 unspecified atom stereocenters. The number of benzene rings is 1. The van der Waals surface area contributed by atoms with E-state index in [1.54, 1.807) is 6.07 Å². The fraction of sp³-hybridized carbons (Fsp3) is 0.529. The van der Waals surface area contributed by atoms with E-state index in [0.717, 1.165) is 5.56 Å². The maximum atomic E-state index is 12.1. The van der Waals surface area contributed by atoms with Crippen LogP contribution in [0.1, 0.15) is 46.1 Å². The Morgan fingerprint density at radius 2 is 1.82 bits per heavy atom. The highest BCUT2D eigenvalue weighted by molar-refractivity contribution is 6.39. The molecular formula is C17H26N2O3. The molecule has 5 heteroatoms. The summed E-state index contributed by atoms with van der Waals surface area (Å²) in [5, 5.41) is 14.2. The molecule has 0 spiro atoms. The molecule has 0 aliphatic heterocycles. The number of nitrogens with one attached hydrogen (secondary N) is 2. The van der Waals surface area contributed by atoms with Crippen LogP contribution in [0.15, 0.2) is 24.3 Å². The van der Waals surface area contributed by atoms with E-state index in [9.17, 15) is 9.59 Å². The summed E-state index contributed by atoms with van der Waals surface area (Å²) in [4.78, 5) is 24.0. The molecule has 122 valence electrons. The number of hydrogen-bond acceptors (Lipinski definition) is 3. The molecule has 1 aromatic carbocycles. The van der Waals surface area contributed by atoms with Gasteiger partial charge in [0.1, 0.15) is 0 Å². The topological polar surface area (TPSA) is 78.4 Å². The van der Waals surface area contributed by atoms with E-state index in [1.165, 1.54) is 0 Å². The van der Waals surface area contributed by atoms with Crippen molar-refractivity contribution in [3.05, 3.63) is 29.8 Å². The lowest BCUT2D eigenvalue weighted by Crippen LogP contribution is -2.42. The van der Waals surface area contributed by atoms with Crippen molar-refractivity contribution in [1.82, 2.24) is 5.32 Å². The molecule has 0 aliphatic carbocycles. The average molecular weight is 306 g/mol.